The Hall–Kier alpha value is -3.62. The summed E-state index contributed by atoms with van der Waals surface area (Å²) in [6, 6.07) is 6.53. The first-order valence-corrected chi connectivity index (χ1v) is 7.08. The van der Waals surface area contributed by atoms with Crippen LogP contribution >= 0.6 is 0 Å². The number of esters is 1. The number of carbonyl (C=O) groups is 4. The molecule has 4 amide bonds. The number of urea groups is 1. The summed E-state index contributed by atoms with van der Waals surface area (Å²) in [5.41, 5.74) is 5.99. The van der Waals surface area contributed by atoms with E-state index in [0.717, 1.165) is 0 Å². The molecule has 0 aliphatic carbocycles. The summed E-state index contributed by atoms with van der Waals surface area (Å²) in [4.78, 5) is 45.7. The molecule has 0 saturated carbocycles. The fourth-order valence-corrected chi connectivity index (χ4v) is 1.86. The fraction of sp³-hybridized carbons (Fsp3) is 0.125. The maximum atomic E-state index is 12.0. The molecule has 0 unspecified atom stereocenters. The van der Waals surface area contributed by atoms with Crippen LogP contribution in [0.3, 0.4) is 0 Å². The predicted molar refractivity (Wildman–Crippen MR) is 85.8 cm³/mol. The molecule has 0 spiro atoms. The van der Waals surface area contributed by atoms with Crippen LogP contribution in [0, 0.1) is 6.92 Å². The number of hydrogen-bond acceptors (Lipinski definition) is 6. The number of benzene rings is 1. The van der Waals surface area contributed by atoms with Crippen molar-refractivity contribution in [2.45, 2.75) is 6.92 Å². The Bertz CT molecular complexity index is 813. The van der Waals surface area contributed by atoms with Crippen LogP contribution in [0.4, 0.5) is 10.5 Å². The van der Waals surface area contributed by atoms with Crippen molar-refractivity contribution in [3.8, 4) is 0 Å². The van der Waals surface area contributed by atoms with Crippen LogP contribution in [0.2, 0.25) is 0 Å². The molecule has 0 radical (unpaired) electrons. The van der Waals surface area contributed by atoms with E-state index in [2.05, 4.69) is 5.32 Å². The third-order valence-corrected chi connectivity index (χ3v) is 3.06. The van der Waals surface area contributed by atoms with Gasteiger partial charge in [-0.3, -0.25) is 14.9 Å². The van der Waals surface area contributed by atoms with Crippen molar-refractivity contribution in [3.05, 3.63) is 53.5 Å². The van der Waals surface area contributed by atoms with E-state index in [9.17, 15) is 19.2 Å². The number of nitrogens with one attached hydrogen (secondary N) is 2. The normalized spacial score (nSPS) is 9.96. The summed E-state index contributed by atoms with van der Waals surface area (Å²) in [5, 5.41) is 4.39. The van der Waals surface area contributed by atoms with Crippen LogP contribution < -0.4 is 16.4 Å². The van der Waals surface area contributed by atoms with E-state index in [1.807, 2.05) is 0 Å². The zero-order valence-corrected chi connectivity index (χ0v) is 13.2. The molecule has 0 bridgehead atoms. The van der Waals surface area contributed by atoms with Gasteiger partial charge in [0.25, 0.3) is 11.8 Å². The van der Waals surface area contributed by atoms with E-state index >= 15 is 0 Å². The van der Waals surface area contributed by atoms with Gasteiger partial charge in [-0.05, 0) is 36.8 Å². The van der Waals surface area contributed by atoms with Gasteiger partial charge in [0.05, 0.1) is 11.8 Å². The molecule has 2 aromatic rings. The van der Waals surface area contributed by atoms with E-state index in [0.29, 0.717) is 11.3 Å². The number of nitrogens with two attached hydrogens (primary N) is 1. The zero-order chi connectivity index (χ0) is 18.4. The summed E-state index contributed by atoms with van der Waals surface area (Å²) in [7, 11) is 0. The molecule has 0 aliphatic heterocycles. The summed E-state index contributed by atoms with van der Waals surface area (Å²) in [6.45, 7) is 1.08. The minimum absolute atomic E-state index is 0.118. The lowest BCUT2D eigenvalue weighted by molar-refractivity contribution is -0.123. The first-order chi connectivity index (χ1) is 11.9. The number of rotatable bonds is 5. The lowest BCUT2D eigenvalue weighted by atomic mass is 10.1. The molecular weight excluding hydrogens is 330 g/mol. The van der Waals surface area contributed by atoms with Crippen LogP contribution in [0.15, 0.2) is 41.0 Å². The Kier molecular flexibility index (Phi) is 5.51. The van der Waals surface area contributed by atoms with Gasteiger partial charge in [-0.15, -0.1) is 0 Å². The second-order valence-electron chi connectivity index (χ2n) is 4.95. The fourth-order valence-electron chi connectivity index (χ4n) is 1.86. The molecule has 2 rings (SSSR count). The molecule has 130 valence electrons. The van der Waals surface area contributed by atoms with Crippen LogP contribution in [0.5, 0.6) is 0 Å². The van der Waals surface area contributed by atoms with Gasteiger partial charge in [-0.2, -0.15) is 0 Å². The number of imide groups is 1. The molecule has 9 heteroatoms. The second kappa shape index (κ2) is 7.77. The lowest BCUT2D eigenvalue weighted by Gasteiger charge is -2.10. The van der Waals surface area contributed by atoms with Crippen molar-refractivity contribution >= 4 is 29.5 Å². The van der Waals surface area contributed by atoms with E-state index in [1.54, 1.807) is 24.4 Å². The van der Waals surface area contributed by atoms with Gasteiger partial charge in [0.15, 0.2) is 12.4 Å². The molecule has 1 aromatic heterocycles. The SMILES string of the molecule is Cc1ccc(C(=O)OCC(=O)NC(N)=O)cc1NC(=O)c1ccco1. The highest BCUT2D eigenvalue weighted by Gasteiger charge is 2.15. The molecule has 1 heterocycles. The minimum Gasteiger partial charge on any atom is -0.459 e. The monoisotopic (exact) mass is 345 g/mol. The van der Waals surface area contributed by atoms with Gasteiger partial charge in [0, 0.05) is 5.69 Å². The first-order valence-electron chi connectivity index (χ1n) is 7.08. The Balaban J connectivity index is 2.04. The standard InChI is InChI=1S/C16H15N3O6/c1-9-4-5-10(15(22)25-8-13(20)19-16(17)23)7-11(9)18-14(21)12-3-2-6-24-12/h2-7H,8H2,1H3,(H,18,21)(H3,17,19,20,23). The average Bonchev–Trinajstić information content (AvgIpc) is 3.08. The maximum Gasteiger partial charge on any atom is 0.338 e. The largest absolute Gasteiger partial charge is 0.459 e. The highest BCUT2D eigenvalue weighted by molar-refractivity contribution is 6.03. The molecule has 4 N–H and O–H groups in total. The van der Waals surface area contributed by atoms with Gasteiger partial charge in [-0.1, -0.05) is 6.07 Å². The number of anilines is 1. The molecule has 1 aromatic carbocycles. The van der Waals surface area contributed by atoms with Crippen LogP contribution in [0.25, 0.3) is 0 Å². The van der Waals surface area contributed by atoms with Crippen molar-refractivity contribution in [1.29, 1.82) is 0 Å². The third kappa shape index (κ3) is 4.93. The third-order valence-electron chi connectivity index (χ3n) is 3.06. The summed E-state index contributed by atoms with van der Waals surface area (Å²) in [6.07, 6.45) is 1.37. The molecule has 0 saturated heterocycles. The summed E-state index contributed by atoms with van der Waals surface area (Å²) < 4.78 is 9.77. The van der Waals surface area contributed by atoms with Gasteiger partial charge < -0.3 is 20.2 Å². The van der Waals surface area contributed by atoms with E-state index in [-0.39, 0.29) is 11.3 Å². The minimum atomic E-state index is -1.04. The quantitative estimate of drug-likeness (QED) is 0.695. The smallest absolute Gasteiger partial charge is 0.338 e. The number of hydrogen-bond donors (Lipinski definition) is 3. The molecular formula is C16H15N3O6. The maximum absolute atomic E-state index is 12.0. The highest BCUT2D eigenvalue weighted by atomic mass is 16.5. The Morgan fingerprint density at radius 3 is 2.60 bits per heavy atom. The summed E-state index contributed by atoms with van der Waals surface area (Å²) >= 11 is 0. The number of furan rings is 1. The topological polar surface area (TPSA) is 141 Å². The molecule has 9 nitrogen and oxygen atoms in total. The number of primary amides is 1. The molecule has 25 heavy (non-hydrogen) atoms. The van der Waals surface area contributed by atoms with Crippen LogP contribution in [-0.4, -0.2) is 30.4 Å². The van der Waals surface area contributed by atoms with Crippen molar-refractivity contribution in [1.82, 2.24) is 5.32 Å². The zero-order valence-electron chi connectivity index (χ0n) is 13.2. The Morgan fingerprint density at radius 1 is 1.20 bits per heavy atom. The van der Waals surface area contributed by atoms with Crippen molar-refractivity contribution in [2.24, 2.45) is 5.73 Å². The van der Waals surface area contributed by atoms with Crippen LogP contribution in [-0.2, 0) is 9.53 Å². The number of aryl methyl sites for hydroxylation is 1. The number of amides is 4. The lowest BCUT2D eigenvalue weighted by Crippen LogP contribution is -2.37. The van der Waals surface area contributed by atoms with Gasteiger partial charge in [0.1, 0.15) is 0 Å². The second-order valence-corrected chi connectivity index (χ2v) is 4.95. The van der Waals surface area contributed by atoms with Crippen molar-refractivity contribution < 1.29 is 28.3 Å². The first kappa shape index (κ1) is 17.7. The summed E-state index contributed by atoms with van der Waals surface area (Å²) in [5.74, 6) is -2.00. The highest BCUT2D eigenvalue weighted by Crippen LogP contribution is 2.19. The van der Waals surface area contributed by atoms with Crippen molar-refractivity contribution in [2.75, 3.05) is 11.9 Å². The predicted octanol–water partition coefficient (Wildman–Crippen LogP) is 1.19. The van der Waals surface area contributed by atoms with E-state index in [1.165, 1.54) is 24.5 Å². The van der Waals surface area contributed by atoms with Crippen molar-refractivity contribution in [3.63, 3.8) is 0 Å². The average molecular weight is 345 g/mol. The number of carbonyl (C=O) groups excluding carboxylic acids is 4. The Labute approximate surface area is 142 Å². The van der Waals surface area contributed by atoms with Gasteiger partial charge >= 0.3 is 12.0 Å². The van der Waals surface area contributed by atoms with Crippen LogP contribution in [0.1, 0.15) is 26.5 Å². The molecule has 0 atom stereocenters. The molecule has 0 fully saturated rings. The molecule has 0 aliphatic rings. The van der Waals surface area contributed by atoms with Gasteiger partial charge in [0.2, 0.25) is 0 Å². The van der Waals surface area contributed by atoms with E-state index in [4.69, 9.17) is 14.9 Å². The van der Waals surface area contributed by atoms with E-state index < -0.39 is 30.4 Å². The number of ether oxygens (including phenoxy) is 1. The van der Waals surface area contributed by atoms with Gasteiger partial charge in [-0.25, -0.2) is 9.59 Å². The Morgan fingerprint density at radius 2 is 1.96 bits per heavy atom.